The summed E-state index contributed by atoms with van der Waals surface area (Å²) in [7, 11) is 0. The lowest BCUT2D eigenvalue weighted by Gasteiger charge is -2.18. The average molecular weight is 282 g/mol. The third-order valence-electron chi connectivity index (χ3n) is 3.91. The quantitative estimate of drug-likeness (QED) is 0.661. The molecule has 112 valence electrons. The van der Waals surface area contributed by atoms with Crippen LogP contribution in [0.15, 0.2) is 35.9 Å². The van der Waals surface area contributed by atoms with Crippen molar-refractivity contribution in [2.24, 2.45) is 5.92 Å². The zero-order chi connectivity index (χ0) is 14.9. The van der Waals surface area contributed by atoms with E-state index in [9.17, 15) is 0 Å². The lowest BCUT2D eigenvalue weighted by Crippen LogP contribution is -2.04. The molecule has 0 bridgehead atoms. The first kappa shape index (κ1) is 15.7. The van der Waals surface area contributed by atoms with Crippen molar-refractivity contribution in [1.82, 2.24) is 0 Å². The number of rotatable bonds is 5. The van der Waals surface area contributed by atoms with Crippen LogP contribution in [0.1, 0.15) is 57.9 Å². The van der Waals surface area contributed by atoms with Crippen molar-refractivity contribution in [3.05, 3.63) is 41.5 Å². The number of allylic oxidation sites excluding steroid dienone is 2. The molecule has 0 amide bonds. The zero-order valence-electron chi connectivity index (χ0n) is 13.3. The lowest BCUT2D eigenvalue weighted by atomic mass is 9.87. The Hall–Kier alpha value is -1.68. The van der Waals surface area contributed by atoms with E-state index < -0.39 is 0 Å². The van der Waals surface area contributed by atoms with Crippen molar-refractivity contribution in [3.63, 3.8) is 0 Å². The Kier molecular flexibility index (Phi) is 6.41. The maximum atomic E-state index is 5.58. The van der Waals surface area contributed by atoms with Gasteiger partial charge in [-0.25, -0.2) is 0 Å². The number of hydrogen-bond acceptors (Lipinski definition) is 1. The Bertz CT molecular complexity index is 513. The molecular formula is C20H26O. The Morgan fingerprint density at radius 3 is 2.52 bits per heavy atom. The summed E-state index contributed by atoms with van der Waals surface area (Å²) >= 11 is 0. The van der Waals surface area contributed by atoms with E-state index in [-0.39, 0.29) is 0 Å². The molecule has 1 aromatic carbocycles. The minimum atomic E-state index is 0.775. The van der Waals surface area contributed by atoms with Crippen LogP contribution >= 0.6 is 0 Å². The zero-order valence-corrected chi connectivity index (χ0v) is 13.3. The van der Waals surface area contributed by atoms with Crippen molar-refractivity contribution >= 4 is 0 Å². The van der Waals surface area contributed by atoms with Crippen molar-refractivity contribution in [2.45, 2.75) is 52.4 Å². The highest BCUT2D eigenvalue weighted by atomic mass is 16.5. The van der Waals surface area contributed by atoms with Gasteiger partial charge >= 0.3 is 0 Å². The number of hydrogen-bond donors (Lipinski definition) is 0. The van der Waals surface area contributed by atoms with E-state index in [2.05, 4.69) is 31.8 Å². The lowest BCUT2D eigenvalue weighted by molar-refractivity contribution is 0.317. The van der Waals surface area contributed by atoms with Crippen molar-refractivity contribution < 1.29 is 4.74 Å². The molecule has 1 heteroatoms. The Balaban J connectivity index is 1.90. The molecule has 1 atom stereocenters. The van der Waals surface area contributed by atoms with Crippen LogP contribution in [-0.4, -0.2) is 6.61 Å². The van der Waals surface area contributed by atoms with Gasteiger partial charge < -0.3 is 4.74 Å². The molecule has 0 spiro atoms. The minimum Gasteiger partial charge on any atom is -0.494 e. The first-order valence-electron chi connectivity index (χ1n) is 8.25. The van der Waals surface area contributed by atoms with E-state index in [4.69, 9.17) is 4.74 Å². The van der Waals surface area contributed by atoms with Gasteiger partial charge in [0, 0.05) is 5.56 Å². The summed E-state index contributed by atoms with van der Waals surface area (Å²) in [5, 5.41) is 0. The van der Waals surface area contributed by atoms with E-state index in [0.717, 1.165) is 36.7 Å². The number of ether oxygens (including phenoxy) is 1. The highest BCUT2D eigenvalue weighted by molar-refractivity contribution is 5.43. The molecule has 0 radical (unpaired) electrons. The molecule has 0 saturated heterocycles. The Labute approximate surface area is 129 Å². The summed E-state index contributed by atoms with van der Waals surface area (Å²) in [6, 6.07) is 8.10. The Morgan fingerprint density at radius 1 is 1.10 bits per heavy atom. The predicted molar refractivity (Wildman–Crippen MR) is 89.4 cm³/mol. The fraction of sp³-hybridized carbons (Fsp3) is 0.500. The second kappa shape index (κ2) is 8.57. The molecule has 0 saturated carbocycles. The van der Waals surface area contributed by atoms with Gasteiger partial charge in [0.15, 0.2) is 0 Å². The summed E-state index contributed by atoms with van der Waals surface area (Å²) in [6.45, 7) is 5.16. The van der Waals surface area contributed by atoms with Gasteiger partial charge in [0.05, 0.1) is 6.61 Å². The molecule has 2 rings (SSSR count). The molecular weight excluding hydrogens is 256 g/mol. The molecule has 1 unspecified atom stereocenters. The predicted octanol–water partition coefficient (Wildman–Crippen LogP) is 5.35. The van der Waals surface area contributed by atoms with Gasteiger partial charge in [-0.15, -0.1) is 0 Å². The summed E-state index contributed by atoms with van der Waals surface area (Å²) < 4.78 is 5.58. The van der Waals surface area contributed by atoms with E-state index >= 15 is 0 Å². The summed E-state index contributed by atoms with van der Waals surface area (Å²) in [5.74, 6) is 8.42. The molecule has 0 N–H and O–H groups in total. The summed E-state index contributed by atoms with van der Waals surface area (Å²) in [4.78, 5) is 0. The van der Waals surface area contributed by atoms with Crippen LogP contribution < -0.4 is 4.74 Å². The first-order valence-corrected chi connectivity index (χ1v) is 8.25. The molecule has 0 aliphatic heterocycles. The first-order chi connectivity index (χ1) is 10.3. The Morgan fingerprint density at radius 2 is 1.90 bits per heavy atom. The smallest absolute Gasteiger partial charge is 0.119 e. The van der Waals surface area contributed by atoms with Crippen LogP contribution in [0.2, 0.25) is 0 Å². The van der Waals surface area contributed by atoms with E-state index in [1.54, 1.807) is 0 Å². The normalized spacial score (nSPS) is 17.6. The SMILES string of the molecule is CCCOc1ccc(C#CC2=CCC(CCC)CC2)cc1. The van der Waals surface area contributed by atoms with Crippen molar-refractivity contribution in [2.75, 3.05) is 6.61 Å². The van der Waals surface area contributed by atoms with Crippen LogP contribution in [0.4, 0.5) is 0 Å². The monoisotopic (exact) mass is 282 g/mol. The van der Waals surface area contributed by atoms with Gasteiger partial charge in [-0.05, 0) is 61.4 Å². The van der Waals surface area contributed by atoms with Crippen LogP contribution in [0.3, 0.4) is 0 Å². The van der Waals surface area contributed by atoms with Gasteiger partial charge in [-0.2, -0.15) is 0 Å². The van der Waals surface area contributed by atoms with Crippen LogP contribution in [0, 0.1) is 17.8 Å². The number of benzene rings is 1. The fourth-order valence-electron chi connectivity index (χ4n) is 2.68. The third kappa shape index (κ3) is 5.31. The minimum absolute atomic E-state index is 0.775. The van der Waals surface area contributed by atoms with Crippen molar-refractivity contribution in [3.8, 4) is 17.6 Å². The molecule has 0 heterocycles. The second-order valence-electron chi connectivity index (χ2n) is 5.78. The van der Waals surface area contributed by atoms with Gasteiger partial charge in [-0.1, -0.05) is 44.6 Å². The molecule has 1 aromatic rings. The van der Waals surface area contributed by atoms with Gasteiger partial charge in [0.25, 0.3) is 0 Å². The highest BCUT2D eigenvalue weighted by Crippen LogP contribution is 2.26. The van der Waals surface area contributed by atoms with E-state index in [1.807, 2.05) is 24.3 Å². The van der Waals surface area contributed by atoms with E-state index in [0.29, 0.717) is 0 Å². The highest BCUT2D eigenvalue weighted by Gasteiger charge is 2.12. The maximum Gasteiger partial charge on any atom is 0.119 e. The fourth-order valence-corrected chi connectivity index (χ4v) is 2.68. The topological polar surface area (TPSA) is 9.23 Å². The van der Waals surface area contributed by atoms with Gasteiger partial charge in [-0.3, -0.25) is 0 Å². The largest absolute Gasteiger partial charge is 0.494 e. The van der Waals surface area contributed by atoms with Gasteiger partial charge in [0.2, 0.25) is 0 Å². The molecule has 1 aliphatic carbocycles. The van der Waals surface area contributed by atoms with Crippen LogP contribution in [0.25, 0.3) is 0 Å². The molecule has 0 fully saturated rings. The van der Waals surface area contributed by atoms with Gasteiger partial charge in [0.1, 0.15) is 5.75 Å². The summed E-state index contributed by atoms with van der Waals surface area (Å²) in [5.41, 5.74) is 2.38. The maximum absolute atomic E-state index is 5.58. The summed E-state index contributed by atoms with van der Waals surface area (Å²) in [6.07, 6.45) is 9.70. The van der Waals surface area contributed by atoms with Crippen LogP contribution in [0.5, 0.6) is 5.75 Å². The van der Waals surface area contributed by atoms with E-state index in [1.165, 1.54) is 31.3 Å². The van der Waals surface area contributed by atoms with Crippen LogP contribution in [-0.2, 0) is 0 Å². The molecule has 21 heavy (non-hydrogen) atoms. The molecule has 0 aromatic heterocycles. The van der Waals surface area contributed by atoms with Crippen molar-refractivity contribution in [1.29, 1.82) is 0 Å². The average Bonchev–Trinajstić information content (AvgIpc) is 2.53. The second-order valence-corrected chi connectivity index (χ2v) is 5.78. The standard InChI is InChI=1S/C20H26O/c1-3-5-17-6-8-18(9-7-17)10-11-19-12-14-20(15-13-19)21-16-4-2/h8,12-15,17H,3-7,9,16H2,1-2H3. The third-order valence-corrected chi connectivity index (χ3v) is 3.91. The molecule has 1 nitrogen and oxygen atoms in total. The molecule has 1 aliphatic rings.